The number of ether oxygens (including phenoxy) is 1. The van der Waals surface area contributed by atoms with E-state index in [0.717, 1.165) is 32.1 Å². The Bertz CT molecular complexity index is 325. The maximum Gasteiger partial charge on any atom is 0.223 e. The van der Waals surface area contributed by atoms with Gasteiger partial charge in [-0.3, -0.25) is 4.79 Å². The molecule has 0 spiro atoms. The summed E-state index contributed by atoms with van der Waals surface area (Å²) in [5.74, 6) is 1.27. The zero-order chi connectivity index (χ0) is 13.9. The molecule has 4 heteroatoms. The predicted molar refractivity (Wildman–Crippen MR) is 77.4 cm³/mol. The van der Waals surface area contributed by atoms with Gasteiger partial charge < -0.3 is 10.1 Å². The van der Waals surface area contributed by atoms with Crippen molar-refractivity contribution >= 4 is 17.5 Å². The van der Waals surface area contributed by atoms with Gasteiger partial charge in [0.1, 0.15) is 0 Å². The molecule has 2 unspecified atom stereocenters. The van der Waals surface area contributed by atoms with Crippen molar-refractivity contribution in [3.63, 3.8) is 0 Å². The number of carbonyl (C=O) groups is 1. The van der Waals surface area contributed by atoms with Crippen LogP contribution in [0.25, 0.3) is 0 Å². The second-order valence-corrected chi connectivity index (χ2v) is 6.85. The van der Waals surface area contributed by atoms with Gasteiger partial charge in [-0.2, -0.15) is 0 Å². The van der Waals surface area contributed by atoms with Crippen LogP contribution in [0.3, 0.4) is 0 Å². The first-order valence-corrected chi connectivity index (χ1v) is 7.99. The van der Waals surface area contributed by atoms with Crippen molar-refractivity contribution in [1.29, 1.82) is 0 Å². The fourth-order valence-corrected chi connectivity index (χ4v) is 3.89. The van der Waals surface area contributed by atoms with Crippen LogP contribution in [-0.4, -0.2) is 30.0 Å². The Hall–Kier alpha value is -0.280. The predicted octanol–water partition coefficient (Wildman–Crippen LogP) is 3.25. The fraction of sp³-hybridized carbons (Fsp3) is 0.933. The Balaban J connectivity index is 1.92. The number of halogens is 1. The number of nitrogens with one attached hydrogen (secondary N) is 1. The molecule has 2 saturated carbocycles. The van der Waals surface area contributed by atoms with Crippen LogP contribution in [-0.2, 0) is 9.53 Å². The highest BCUT2D eigenvalue weighted by Gasteiger charge is 2.41. The zero-order valence-electron chi connectivity index (χ0n) is 12.1. The summed E-state index contributed by atoms with van der Waals surface area (Å²) in [6, 6.07) is 0. The number of hydrogen-bond acceptors (Lipinski definition) is 2. The molecule has 0 heterocycles. The molecule has 0 aliphatic heterocycles. The van der Waals surface area contributed by atoms with E-state index in [1.807, 2.05) is 0 Å². The van der Waals surface area contributed by atoms with Gasteiger partial charge in [-0.25, -0.2) is 0 Å². The highest BCUT2D eigenvalue weighted by molar-refractivity contribution is 6.18. The first kappa shape index (κ1) is 15.1. The van der Waals surface area contributed by atoms with Gasteiger partial charge in [0.25, 0.3) is 0 Å². The standard InChI is InChI=1S/C15H26ClNO2/c1-12-5-3-6-14(9-12,11-16)17-13(18)10-15(19-2)7-4-8-15/h12H,3-11H2,1-2H3,(H,17,18). The van der Waals surface area contributed by atoms with Crippen LogP contribution in [0.2, 0.25) is 0 Å². The summed E-state index contributed by atoms with van der Waals surface area (Å²) >= 11 is 6.15. The molecule has 0 aromatic heterocycles. The van der Waals surface area contributed by atoms with Crippen molar-refractivity contribution in [3.8, 4) is 0 Å². The van der Waals surface area contributed by atoms with E-state index in [1.165, 1.54) is 12.8 Å². The summed E-state index contributed by atoms with van der Waals surface area (Å²) in [6.45, 7) is 2.25. The van der Waals surface area contributed by atoms with Crippen LogP contribution in [0, 0.1) is 5.92 Å². The van der Waals surface area contributed by atoms with Gasteiger partial charge in [-0.15, -0.1) is 11.6 Å². The zero-order valence-corrected chi connectivity index (χ0v) is 12.9. The number of carbonyl (C=O) groups excluding carboxylic acids is 1. The Morgan fingerprint density at radius 1 is 1.37 bits per heavy atom. The third-order valence-electron chi connectivity index (χ3n) is 4.93. The van der Waals surface area contributed by atoms with E-state index in [1.54, 1.807) is 7.11 Å². The summed E-state index contributed by atoms with van der Waals surface area (Å²) in [6.07, 6.45) is 8.06. The average Bonchev–Trinajstić information content (AvgIpc) is 2.34. The minimum Gasteiger partial charge on any atom is -0.378 e. The number of amides is 1. The lowest BCUT2D eigenvalue weighted by Crippen LogP contribution is -2.55. The molecule has 0 saturated heterocycles. The molecule has 0 aromatic rings. The summed E-state index contributed by atoms with van der Waals surface area (Å²) in [7, 11) is 1.71. The van der Waals surface area contributed by atoms with Gasteiger partial charge in [-0.05, 0) is 38.0 Å². The van der Waals surface area contributed by atoms with Gasteiger partial charge in [0.2, 0.25) is 5.91 Å². The molecule has 110 valence electrons. The Morgan fingerprint density at radius 3 is 2.58 bits per heavy atom. The van der Waals surface area contributed by atoms with E-state index in [2.05, 4.69) is 12.2 Å². The van der Waals surface area contributed by atoms with E-state index in [9.17, 15) is 4.79 Å². The van der Waals surface area contributed by atoms with Crippen molar-refractivity contribution in [2.45, 2.75) is 69.4 Å². The molecule has 2 aliphatic carbocycles. The Morgan fingerprint density at radius 2 is 2.11 bits per heavy atom. The summed E-state index contributed by atoms with van der Waals surface area (Å²) < 4.78 is 5.53. The van der Waals surface area contributed by atoms with E-state index in [-0.39, 0.29) is 17.0 Å². The Labute approximate surface area is 121 Å². The van der Waals surface area contributed by atoms with Crippen molar-refractivity contribution in [3.05, 3.63) is 0 Å². The SMILES string of the molecule is COC1(CC(=O)NC2(CCl)CCCC(C)C2)CCC1. The molecule has 1 N–H and O–H groups in total. The molecule has 2 rings (SSSR count). The molecule has 0 aromatic carbocycles. The highest BCUT2D eigenvalue weighted by Crippen LogP contribution is 2.39. The minimum atomic E-state index is -0.197. The number of methoxy groups -OCH3 is 1. The first-order valence-electron chi connectivity index (χ1n) is 7.45. The summed E-state index contributed by atoms with van der Waals surface area (Å²) in [5, 5.41) is 3.22. The van der Waals surface area contributed by atoms with E-state index in [4.69, 9.17) is 16.3 Å². The van der Waals surface area contributed by atoms with Crippen LogP contribution in [0.15, 0.2) is 0 Å². The van der Waals surface area contributed by atoms with Crippen LogP contribution in [0.4, 0.5) is 0 Å². The van der Waals surface area contributed by atoms with Crippen LogP contribution in [0.5, 0.6) is 0 Å². The van der Waals surface area contributed by atoms with Gasteiger partial charge in [-0.1, -0.05) is 19.8 Å². The monoisotopic (exact) mass is 287 g/mol. The van der Waals surface area contributed by atoms with Crippen molar-refractivity contribution < 1.29 is 9.53 Å². The van der Waals surface area contributed by atoms with Gasteiger partial charge >= 0.3 is 0 Å². The maximum atomic E-state index is 12.3. The van der Waals surface area contributed by atoms with E-state index >= 15 is 0 Å². The van der Waals surface area contributed by atoms with Crippen molar-refractivity contribution in [2.24, 2.45) is 5.92 Å². The molecule has 3 nitrogen and oxygen atoms in total. The molecule has 2 atom stereocenters. The molecule has 2 fully saturated rings. The largest absolute Gasteiger partial charge is 0.378 e. The molecule has 1 amide bonds. The number of alkyl halides is 1. The molecular weight excluding hydrogens is 262 g/mol. The lowest BCUT2D eigenvalue weighted by molar-refractivity contribution is -0.136. The van der Waals surface area contributed by atoms with Crippen LogP contribution < -0.4 is 5.32 Å². The molecule has 19 heavy (non-hydrogen) atoms. The number of rotatable bonds is 5. The topological polar surface area (TPSA) is 38.3 Å². The normalized spacial score (nSPS) is 33.5. The maximum absolute atomic E-state index is 12.3. The minimum absolute atomic E-state index is 0.108. The quantitative estimate of drug-likeness (QED) is 0.788. The average molecular weight is 288 g/mol. The second kappa shape index (κ2) is 6.01. The van der Waals surface area contributed by atoms with Gasteiger partial charge in [0.15, 0.2) is 0 Å². The third kappa shape index (κ3) is 3.43. The molecule has 2 aliphatic rings. The molecule has 0 radical (unpaired) electrons. The van der Waals surface area contributed by atoms with Crippen molar-refractivity contribution in [1.82, 2.24) is 5.32 Å². The molecular formula is C15H26ClNO2. The van der Waals surface area contributed by atoms with E-state index in [0.29, 0.717) is 18.2 Å². The van der Waals surface area contributed by atoms with Crippen molar-refractivity contribution in [2.75, 3.05) is 13.0 Å². The van der Waals surface area contributed by atoms with E-state index < -0.39 is 0 Å². The highest BCUT2D eigenvalue weighted by atomic mass is 35.5. The summed E-state index contributed by atoms with van der Waals surface area (Å²) in [4.78, 5) is 12.3. The first-order chi connectivity index (χ1) is 9.03. The fourth-order valence-electron chi connectivity index (χ4n) is 3.59. The Kier molecular flexibility index (Phi) is 4.78. The van der Waals surface area contributed by atoms with Crippen LogP contribution in [0.1, 0.15) is 58.3 Å². The van der Waals surface area contributed by atoms with Crippen LogP contribution >= 0.6 is 11.6 Å². The molecule has 0 bridgehead atoms. The second-order valence-electron chi connectivity index (χ2n) is 6.58. The lowest BCUT2D eigenvalue weighted by Gasteiger charge is -2.43. The van der Waals surface area contributed by atoms with Gasteiger partial charge in [0.05, 0.1) is 17.6 Å². The lowest BCUT2D eigenvalue weighted by atomic mass is 9.75. The number of hydrogen-bond donors (Lipinski definition) is 1. The third-order valence-corrected chi connectivity index (χ3v) is 5.44. The smallest absolute Gasteiger partial charge is 0.223 e. The van der Waals surface area contributed by atoms with Gasteiger partial charge in [0, 0.05) is 13.0 Å². The summed E-state index contributed by atoms with van der Waals surface area (Å²) in [5.41, 5.74) is -0.382.